The summed E-state index contributed by atoms with van der Waals surface area (Å²) in [5.74, 6) is -0.188. The van der Waals surface area contributed by atoms with E-state index in [0.29, 0.717) is 11.1 Å². The summed E-state index contributed by atoms with van der Waals surface area (Å²) in [4.78, 5) is 4.45. The molecule has 2 aromatic heterocycles. The Balaban J connectivity index is 1.99. The molecule has 7 heteroatoms. The van der Waals surface area contributed by atoms with Crippen molar-refractivity contribution in [3.8, 4) is 0 Å². The lowest BCUT2D eigenvalue weighted by atomic mass is 9.73. The number of fused-ring (bicyclic) bond motifs is 2. The Morgan fingerprint density at radius 1 is 1.13 bits per heavy atom. The van der Waals surface area contributed by atoms with Crippen LogP contribution in [0.15, 0.2) is 42.6 Å². The zero-order valence-electron chi connectivity index (χ0n) is 17.5. The standard InChI is InChI=1S/C23H25FN2O2S2/c1-5-23(6-2,22-14(3)20-17(24)10-8-12-19(20)29-22)16-13-25-21-15(16)9-7-11-18(21)26-30(4,27)28/h7-13,25-26H,5-6H2,1-4H3. The minimum atomic E-state index is -3.40. The van der Waals surface area contributed by atoms with Gasteiger partial charge in [0.1, 0.15) is 5.82 Å². The number of sulfonamides is 1. The first-order valence-electron chi connectivity index (χ1n) is 9.98. The molecule has 0 atom stereocenters. The molecule has 0 saturated carbocycles. The maximum atomic E-state index is 14.6. The molecule has 4 nitrogen and oxygen atoms in total. The van der Waals surface area contributed by atoms with Crippen LogP contribution in [0, 0.1) is 12.7 Å². The summed E-state index contributed by atoms with van der Waals surface area (Å²) < 4.78 is 41.7. The number of thiophene rings is 1. The maximum absolute atomic E-state index is 14.6. The van der Waals surface area contributed by atoms with Crippen LogP contribution in [0.1, 0.15) is 42.7 Å². The normalized spacial score (nSPS) is 12.7. The van der Waals surface area contributed by atoms with Crippen molar-refractivity contribution in [3.05, 3.63) is 64.4 Å². The largest absolute Gasteiger partial charge is 0.359 e. The summed E-state index contributed by atoms with van der Waals surface area (Å²) in [6.07, 6.45) is 4.81. The van der Waals surface area contributed by atoms with Crippen LogP contribution in [0.25, 0.3) is 21.0 Å². The van der Waals surface area contributed by atoms with Gasteiger partial charge in [0.25, 0.3) is 0 Å². The van der Waals surface area contributed by atoms with Crippen molar-refractivity contribution in [2.75, 3.05) is 11.0 Å². The average Bonchev–Trinajstić information content (AvgIpc) is 3.27. The molecule has 30 heavy (non-hydrogen) atoms. The van der Waals surface area contributed by atoms with Gasteiger partial charge in [-0.2, -0.15) is 0 Å². The number of aryl methyl sites for hydroxylation is 1. The lowest BCUT2D eigenvalue weighted by Gasteiger charge is -2.32. The number of benzene rings is 2. The van der Waals surface area contributed by atoms with Crippen molar-refractivity contribution in [3.63, 3.8) is 0 Å². The van der Waals surface area contributed by atoms with Gasteiger partial charge in [0.2, 0.25) is 10.0 Å². The lowest BCUT2D eigenvalue weighted by molar-refractivity contribution is 0.489. The fourth-order valence-electron chi connectivity index (χ4n) is 4.62. The van der Waals surface area contributed by atoms with E-state index in [0.717, 1.165) is 50.7 Å². The summed E-state index contributed by atoms with van der Waals surface area (Å²) >= 11 is 1.65. The van der Waals surface area contributed by atoms with Gasteiger partial charge in [0.05, 0.1) is 17.5 Å². The van der Waals surface area contributed by atoms with Gasteiger partial charge >= 0.3 is 0 Å². The van der Waals surface area contributed by atoms with Gasteiger partial charge in [-0.3, -0.25) is 4.72 Å². The first kappa shape index (κ1) is 20.9. The summed E-state index contributed by atoms with van der Waals surface area (Å²) in [5.41, 5.74) is 3.07. The number of aromatic nitrogens is 1. The Kier molecular flexibility index (Phi) is 5.14. The highest BCUT2D eigenvalue weighted by atomic mass is 32.2. The number of hydrogen-bond donors (Lipinski definition) is 2. The second-order valence-electron chi connectivity index (χ2n) is 7.76. The van der Waals surface area contributed by atoms with Crippen LogP contribution in [0.5, 0.6) is 0 Å². The summed E-state index contributed by atoms with van der Waals surface area (Å²) in [5, 5.41) is 1.67. The Morgan fingerprint density at radius 2 is 1.83 bits per heavy atom. The van der Waals surface area contributed by atoms with Gasteiger partial charge in [0.15, 0.2) is 0 Å². The minimum Gasteiger partial charge on any atom is -0.359 e. The van der Waals surface area contributed by atoms with E-state index in [1.54, 1.807) is 23.5 Å². The second-order valence-corrected chi connectivity index (χ2v) is 10.6. The van der Waals surface area contributed by atoms with Crippen LogP contribution >= 0.6 is 11.3 Å². The Bertz CT molecular complexity index is 1350. The predicted octanol–water partition coefficient (Wildman–Crippen LogP) is 6.31. The number of aromatic amines is 1. The van der Waals surface area contributed by atoms with E-state index >= 15 is 0 Å². The Labute approximate surface area is 180 Å². The molecule has 2 aromatic carbocycles. The van der Waals surface area contributed by atoms with E-state index in [9.17, 15) is 12.8 Å². The molecule has 0 radical (unpaired) electrons. The van der Waals surface area contributed by atoms with Gasteiger partial charge in [-0.1, -0.05) is 32.0 Å². The van der Waals surface area contributed by atoms with Crippen molar-refractivity contribution in [1.29, 1.82) is 0 Å². The molecule has 2 N–H and O–H groups in total. The van der Waals surface area contributed by atoms with E-state index in [4.69, 9.17) is 0 Å². The first-order valence-corrected chi connectivity index (χ1v) is 12.7. The molecule has 2 heterocycles. The maximum Gasteiger partial charge on any atom is 0.229 e. The molecule has 4 rings (SSSR count). The highest BCUT2D eigenvalue weighted by Crippen LogP contribution is 2.49. The zero-order valence-corrected chi connectivity index (χ0v) is 19.1. The van der Waals surface area contributed by atoms with Gasteiger partial charge in [-0.25, -0.2) is 12.8 Å². The van der Waals surface area contributed by atoms with Crippen molar-refractivity contribution < 1.29 is 12.8 Å². The highest BCUT2D eigenvalue weighted by Gasteiger charge is 2.37. The summed E-state index contributed by atoms with van der Waals surface area (Å²) in [6.45, 7) is 6.31. The van der Waals surface area contributed by atoms with E-state index in [1.807, 2.05) is 31.3 Å². The molecule has 0 saturated heterocycles. The van der Waals surface area contributed by atoms with E-state index in [2.05, 4.69) is 23.6 Å². The van der Waals surface area contributed by atoms with Crippen LogP contribution < -0.4 is 4.72 Å². The third-order valence-electron chi connectivity index (χ3n) is 6.07. The van der Waals surface area contributed by atoms with E-state index < -0.39 is 10.0 Å². The topological polar surface area (TPSA) is 62.0 Å². The molecule has 0 bridgehead atoms. The Hall–Kier alpha value is -2.38. The van der Waals surface area contributed by atoms with Gasteiger partial charge in [-0.15, -0.1) is 11.3 Å². The van der Waals surface area contributed by atoms with Crippen LogP contribution in [-0.4, -0.2) is 19.7 Å². The first-order chi connectivity index (χ1) is 14.2. The van der Waals surface area contributed by atoms with Crippen LogP contribution in [0.2, 0.25) is 0 Å². The third kappa shape index (κ3) is 3.20. The van der Waals surface area contributed by atoms with Crippen molar-refractivity contribution in [2.24, 2.45) is 0 Å². The van der Waals surface area contributed by atoms with E-state index in [1.165, 1.54) is 6.07 Å². The van der Waals surface area contributed by atoms with Crippen molar-refractivity contribution >= 4 is 48.0 Å². The number of hydrogen-bond acceptors (Lipinski definition) is 3. The predicted molar refractivity (Wildman–Crippen MR) is 125 cm³/mol. The minimum absolute atomic E-state index is 0.188. The molecule has 0 spiro atoms. The molecular formula is C23H25FN2O2S2. The highest BCUT2D eigenvalue weighted by molar-refractivity contribution is 7.92. The number of nitrogens with one attached hydrogen (secondary N) is 2. The monoisotopic (exact) mass is 444 g/mol. The number of H-pyrrole nitrogens is 1. The molecule has 0 aliphatic heterocycles. The zero-order chi connectivity index (χ0) is 21.7. The molecular weight excluding hydrogens is 419 g/mol. The second kappa shape index (κ2) is 7.39. The van der Waals surface area contributed by atoms with Gasteiger partial charge in [-0.05, 0) is 49.1 Å². The molecule has 0 amide bonds. The van der Waals surface area contributed by atoms with Crippen LogP contribution in [0.4, 0.5) is 10.1 Å². The average molecular weight is 445 g/mol. The van der Waals surface area contributed by atoms with Crippen LogP contribution in [0.3, 0.4) is 0 Å². The number of anilines is 1. The quantitative estimate of drug-likeness (QED) is 0.366. The van der Waals surface area contributed by atoms with Crippen molar-refractivity contribution in [1.82, 2.24) is 4.98 Å². The fraction of sp³-hybridized carbons (Fsp3) is 0.304. The Morgan fingerprint density at radius 3 is 2.47 bits per heavy atom. The molecule has 0 aliphatic carbocycles. The molecule has 0 fully saturated rings. The number of rotatable bonds is 6. The van der Waals surface area contributed by atoms with Crippen molar-refractivity contribution in [2.45, 2.75) is 39.0 Å². The SMILES string of the molecule is CCC(CC)(c1sc2cccc(F)c2c1C)c1c[nH]c2c(NS(C)(=O)=O)cccc12. The fourth-order valence-corrected chi connectivity index (χ4v) is 6.76. The van der Waals surface area contributed by atoms with E-state index in [-0.39, 0.29) is 11.2 Å². The number of para-hydroxylation sites is 1. The molecule has 0 aliphatic rings. The summed E-state index contributed by atoms with van der Waals surface area (Å²) in [6, 6.07) is 10.9. The van der Waals surface area contributed by atoms with Crippen LogP contribution in [-0.2, 0) is 15.4 Å². The molecule has 0 unspecified atom stereocenters. The lowest BCUT2D eigenvalue weighted by Crippen LogP contribution is -2.25. The number of halogens is 1. The smallest absolute Gasteiger partial charge is 0.229 e. The molecule has 158 valence electrons. The third-order valence-corrected chi connectivity index (χ3v) is 8.12. The van der Waals surface area contributed by atoms with Gasteiger partial charge in [0, 0.05) is 32.0 Å². The van der Waals surface area contributed by atoms with Gasteiger partial charge < -0.3 is 4.98 Å². The summed E-state index contributed by atoms with van der Waals surface area (Å²) in [7, 11) is -3.40. The molecule has 4 aromatic rings.